The van der Waals surface area contributed by atoms with E-state index in [-0.39, 0.29) is 11.4 Å². The van der Waals surface area contributed by atoms with Crippen molar-refractivity contribution >= 4 is 11.6 Å². The molecule has 1 fully saturated rings. The Balaban J connectivity index is 2.18. The minimum absolute atomic E-state index is 0.0990. The normalized spacial score (nSPS) is 21.9. The van der Waals surface area contributed by atoms with E-state index in [4.69, 9.17) is 10.5 Å². The molecule has 0 saturated carbocycles. The van der Waals surface area contributed by atoms with Gasteiger partial charge in [0.15, 0.2) is 0 Å². The van der Waals surface area contributed by atoms with Crippen LogP contribution in [0.25, 0.3) is 0 Å². The Morgan fingerprint density at radius 1 is 1.35 bits per heavy atom. The van der Waals surface area contributed by atoms with Gasteiger partial charge in [0, 0.05) is 31.5 Å². The highest BCUT2D eigenvalue weighted by Crippen LogP contribution is 2.45. The zero-order valence-corrected chi connectivity index (χ0v) is 9.90. The van der Waals surface area contributed by atoms with E-state index in [0.29, 0.717) is 13.2 Å². The number of benzene rings is 1. The van der Waals surface area contributed by atoms with Gasteiger partial charge in [-0.15, -0.1) is 0 Å². The predicted octanol–water partition coefficient (Wildman–Crippen LogP) is 1.36. The standard InChI is InChI=1S/C13H16N2O2/c1-15-12(16)10-3-2-9(14)8-11(10)13(15)4-6-17-7-5-13/h2-3,8H,4-7,14H2,1H3. The third-order valence-electron chi connectivity index (χ3n) is 4.04. The molecule has 0 atom stereocenters. The van der Waals surface area contributed by atoms with Crippen molar-refractivity contribution in [1.82, 2.24) is 4.90 Å². The lowest BCUT2D eigenvalue weighted by molar-refractivity contribution is -0.00597. The van der Waals surface area contributed by atoms with E-state index < -0.39 is 0 Å². The number of nitrogen functional groups attached to an aromatic ring is 1. The maximum atomic E-state index is 12.2. The first-order valence-electron chi connectivity index (χ1n) is 5.91. The monoisotopic (exact) mass is 232 g/mol. The van der Waals surface area contributed by atoms with E-state index >= 15 is 0 Å². The fraction of sp³-hybridized carbons (Fsp3) is 0.462. The van der Waals surface area contributed by atoms with Gasteiger partial charge in [-0.25, -0.2) is 0 Å². The van der Waals surface area contributed by atoms with Gasteiger partial charge in [-0.1, -0.05) is 0 Å². The molecule has 0 aromatic heterocycles. The van der Waals surface area contributed by atoms with Crippen LogP contribution in [0, 0.1) is 0 Å². The average Bonchev–Trinajstić information content (AvgIpc) is 2.54. The third kappa shape index (κ3) is 1.30. The second-order valence-corrected chi connectivity index (χ2v) is 4.81. The molecule has 90 valence electrons. The van der Waals surface area contributed by atoms with Gasteiger partial charge >= 0.3 is 0 Å². The first-order valence-corrected chi connectivity index (χ1v) is 5.91. The summed E-state index contributed by atoms with van der Waals surface area (Å²) in [6, 6.07) is 5.58. The average molecular weight is 232 g/mol. The molecule has 1 spiro atoms. The number of anilines is 1. The van der Waals surface area contributed by atoms with Crippen LogP contribution in [-0.4, -0.2) is 31.1 Å². The first kappa shape index (κ1) is 10.6. The lowest BCUT2D eigenvalue weighted by Crippen LogP contribution is -2.45. The molecule has 1 amide bonds. The van der Waals surface area contributed by atoms with Crippen molar-refractivity contribution in [2.75, 3.05) is 26.0 Å². The van der Waals surface area contributed by atoms with Gasteiger partial charge < -0.3 is 15.4 Å². The van der Waals surface area contributed by atoms with Crippen molar-refractivity contribution in [3.63, 3.8) is 0 Å². The summed E-state index contributed by atoms with van der Waals surface area (Å²) in [7, 11) is 1.88. The Morgan fingerprint density at radius 3 is 2.76 bits per heavy atom. The number of ether oxygens (including phenoxy) is 1. The van der Waals surface area contributed by atoms with Gasteiger partial charge in [-0.05, 0) is 36.6 Å². The topological polar surface area (TPSA) is 55.6 Å². The van der Waals surface area contributed by atoms with Crippen molar-refractivity contribution in [3.05, 3.63) is 29.3 Å². The summed E-state index contributed by atoms with van der Waals surface area (Å²) < 4.78 is 5.42. The van der Waals surface area contributed by atoms with E-state index in [1.54, 1.807) is 6.07 Å². The molecule has 4 heteroatoms. The Bertz CT molecular complexity index is 478. The zero-order chi connectivity index (χ0) is 12.0. The second kappa shape index (κ2) is 3.47. The number of carbonyl (C=O) groups excluding carboxylic acids is 1. The van der Waals surface area contributed by atoms with Gasteiger partial charge in [0.25, 0.3) is 5.91 Å². The number of carbonyl (C=O) groups is 1. The van der Waals surface area contributed by atoms with Gasteiger partial charge in [-0.3, -0.25) is 4.79 Å². The van der Waals surface area contributed by atoms with Crippen LogP contribution in [0.15, 0.2) is 18.2 Å². The number of nitrogens with zero attached hydrogens (tertiary/aromatic N) is 1. The van der Waals surface area contributed by atoms with Gasteiger partial charge in [0.2, 0.25) is 0 Å². The van der Waals surface area contributed by atoms with Crippen LogP contribution in [0.5, 0.6) is 0 Å². The van der Waals surface area contributed by atoms with Gasteiger partial charge in [0.1, 0.15) is 0 Å². The Labute approximate surface area is 100 Å². The fourth-order valence-electron chi connectivity index (χ4n) is 3.00. The Kier molecular flexibility index (Phi) is 2.16. The van der Waals surface area contributed by atoms with Crippen molar-refractivity contribution in [3.8, 4) is 0 Å². The molecule has 1 aromatic carbocycles. The van der Waals surface area contributed by atoms with E-state index in [0.717, 1.165) is 29.7 Å². The summed E-state index contributed by atoms with van der Waals surface area (Å²) in [6.07, 6.45) is 1.71. The lowest BCUT2D eigenvalue weighted by atomic mass is 9.82. The summed E-state index contributed by atoms with van der Waals surface area (Å²) in [5, 5.41) is 0. The Hall–Kier alpha value is -1.55. The molecular weight excluding hydrogens is 216 g/mol. The van der Waals surface area contributed by atoms with Crippen LogP contribution in [0.3, 0.4) is 0 Å². The van der Waals surface area contributed by atoms with Crippen molar-refractivity contribution in [2.45, 2.75) is 18.4 Å². The summed E-state index contributed by atoms with van der Waals surface area (Å²) in [5.74, 6) is 0.0990. The van der Waals surface area contributed by atoms with Crippen molar-refractivity contribution in [1.29, 1.82) is 0 Å². The SMILES string of the molecule is CN1C(=O)c2ccc(N)cc2C12CCOCC2. The molecule has 2 N–H and O–H groups in total. The molecule has 0 bridgehead atoms. The highest BCUT2D eigenvalue weighted by atomic mass is 16.5. The van der Waals surface area contributed by atoms with Crippen LogP contribution in [0.4, 0.5) is 5.69 Å². The largest absolute Gasteiger partial charge is 0.399 e. The molecule has 2 heterocycles. The molecule has 17 heavy (non-hydrogen) atoms. The van der Waals surface area contributed by atoms with Crippen LogP contribution in [0.1, 0.15) is 28.8 Å². The molecule has 0 aliphatic carbocycles. The molecule has 0 radical (unpaired) electrons. The number of hydrogen-bond acceptors (Lipinski definition) is 3. The molecule has 2 aliphatic heterocycles. The van der Waals surface area contributed by atoms with Gasteiger partial charge in [0.05, 0.1) is 5.54 Å². The maximum absolute atomic E-state index is 12.2. The van der Waals surface area contributed by atoms with Crippen LogP contribution >= 0.6 is 0 Å². The molecule has 1 aromatic rings. The van der Waals surface area contributed by atoms with Crippen molar-refractivity contribution < 1.29 is 9.53 Å². The number of rotatable bonds is 0. The van der Waals surface area contributed by atoms with Gasteiger partial charge in [-0.2, -0.15) is 0 Å². The first-order chi connectivity index (χ1) is 8.15. The number of amides is 1. The summed E-state index contributed by atoms with van der Waals surface area (Å²) in [6.45, 7) is 1.40. The molecule has 4 nitrogen and oxygen atoms in total. The van der Waals surface area contributed by atoms with Crippen LogP contribution in [0.2, 0.25) is 0 Å². The highest BCUT2D eigenvalue weighted by Gasteiger charge is 2.48. The summed E-state index contributed by atoms with van der Waals surface area (Å²) in [5.41, 5.74) is 8.25. The molecule has 0 unspecified atom stereocenters. The predicted molar refractivity (Wildman–Crippen MR) is 64.7 cm³/mol. The fourth-order valence-corrected chi connectivity index (χ4v) is 3.00. The molecule has 2 aliphatic rings. The van der Waals surface area contributed by atoms with Crippen LogP contribution < -0.4 is 5.73 Å². The maximum Gasteiger partial charge on any atom is 0.254 e. The summed E-state index contributed by atoms with van der Waals surface area (Å²) >= 11 is 0. The number of fused-ring (bicyclic) bond motifs is 2. The smallest absolute Gasteiger partial charge is 0.254 e. The minimum Gasteiger partial charge on any atom is -0.399 e. The van der Waals surface area contributed by atoms with Crippen LogP contribution in [-0.2, 0) is 10.3 Å². The van der Waals surface area contributed by atoms with E-state index in [9.17, 15) is 4.79 Å². The zero-order valence-electron chi connectivity index (χ0n) is 9.90. The summed E-state index contributed by atoms with van der Waals surface area (Å²) in [4.78, 5) is 14.1. The van der Waals surface area contributed by atoms with E-state index in [1.165, 1.54) is 0 Å². The minimum atomic E-state index is -0.194. The lowest BCUT2D eigenvalue weighted by Gasteiger charge is -2.40. The van der Waals surface area contributed by atoms with E-state index in [2.05, 4.69) is 0 Å². The molecular formula is C13H16N2O2. The third-order valence-corrected chi connectivity index (χ3v) is 4.04. The van der Waals surface area contributed by atoms with E-state index in [1.807, 2.05) is 24.1 Å². The molecule has 3 rings (SSSR count). The number of hydrogen-bond donors (Lipinski definition) is 1. The molecule has 1 saturated heterocycles. The second-order valence-electron chi connectivity index (χ2n) is 4.81. The Morgan fingerprint density at radius 2 is 2.06 bits per heavy atom. The highest BCUT2D eigenvalue weighted by molar-refractivity contribution is 6.00. The van der Waals surface area contributed by atoms with Crippen molar-refractivity contribution in [2.24, 2.45) is 0 Å². The quantitative estimate of drug-likeness (QED) is 0.687. The number of nitrogens with two attached hydrogens (primary N) is 1.